The summed E-state index contributed by atoms with van der Waals surface area (Å²) in [4.78, 5) is 12.6. The largest absolute Gasteiger partial charge is 0.508 e. The first-order valence-electron chi connectivity index (χ1n) is 5.52. The molecule has 18 heavy (non-hydrogen) atoms. The molecule has 1 aromatic heterocycles. The highest BCUT2D eigenvalue weighted by Crippen LogP contribution is 2.18. The summed E-state index contributed by atoms with van der Waals surface area (Å²) in [5, 5.41) is 14.2. The van der Waals surface area contributed by atoms with Crippen molar-refractivity contribution in [3.63, 3.8) is 0 Å². The Hall–Kier alpha value is -1.85. The van der Waals surface area contributed by atoms with Gasteiger partial charge in [0.1, 0.15) is 11.8 Å². The topological polar surface area (TPSA) is 75.4 Å². The molecule has 94 valence electrons. The van der Waals surface area contributed by atoms with Crippen LogP contribution >= 0.6 is 11.3 Å². The Morgan fingerprint density at radius 1 is 1.33 bits per heavy atom. The molecule has 2 rings (SSSR count). The smallest absolute Gasteiger partial charge is 0.242 e. The van der Waals surface area contributed by atoms with Crippen LogP contribution in [0.3, 0.4) is 0 Å². The number of nitrogens with two attached hydrogens (primary N) is 1. The maximum Gasteiger partial charge on any atom is 0.242 e. The van der Waals surface area contributed by atoms with E-state index in [2.05, 4.69) is 5.32 Å². The third-order valence-electron chi connectivity index (χ3n) is 2.58. The first-order chi connectivity index (χ1) is 8.68. The average molecular weight is 262 g/mol. The molecule has 1 amide bonds. The molecule has 0 aliphatic carbocycles. The highest BCUT2D eigenvalue weighted by atomic mass is 32.1. The SMILES string of the molecule is NC(C(=O)NCc1ccccc1O)c1cccs1. The van der Waals surface area contributed by atoms with Crippen molar-refractivity contribution in [2.45, 2.75) is 12.6 Å². The number of amides is 1. The van der Waals surface area contributed by atoms with Crippen LogP contribution in [0.4, 0.5) is 0 Å². The second-order valence-electron chi connectivity index (χ2n) is 3.84. The summed E-state index contributed by atoms with van der Waals surface area (Å²) in [6.07, 6.45) is 0. The molecule has 2 aromatic rings. The van der Waals surface area contributed by atoms with E-state index in [0.29, 0.717) is 5.56 Å². The van der Waals surface area contributed by atoms with Crippen molar-refractivity contribution >= 4 is 17.2 Å². The van der Waals surface area contributed by atoms with Crippen molar-refractivity contribution in [1.29, 1.82) is 0 Å². The Morgan fingerprint density at radius 3 is 2.78 bits per heavy atom. The van der Waals surface area contributed by atoms with Gasteiger partial charge in [-0.2, -0.15) is 0 Å². The molecule has 1 unspecified atom stereocenters. The van der Waals surface area contributed by atoms with E-state index in [1.54, 1.807) is 24.3 Å². The lowest BCUT2D eigenvalue weighted by atomic mass is 10.2. The van der Waals surface area contributed by atoms with Crippen molar-refractivity contribution in [2.24, 2.45) is 5.73 Å². The normalized spacial score (nSPS) is 12.1. The van der Waals surface area contributed by atoms with E-state index in [-0.39, 0.29) is 18.2 Å². The number of para-hydroxylation sites is 1. The Kier molecular flexibility index (Phi) is 3.96. The van der Waals surface area contributed by atoms with Crippen molar-refractivity contribution in [3.8, 4) is 5.75 Å². The van der Waals surface area contributed by atoms with E-state index in [4.69, 9.17) is 5.73 Å². The first-order valence-corrected chi connectivity index (χ1v) is 6.40. The van der Waals surface area contributed by atoms with Gasteiger partial charge in [0.25, 0.3) is 0 Å². The van der Waals surface area contributed by atoms with E-state index in [0.717, 1.165) is 4.88 Å². The summed E-state index contributed by atoms with van der Waals surface area (Å²) in [7, 11) is 0. The number of hydrogen-bond acceptors (Lipinski definition) is 4. The van der Waals surface area contributed by atoms with Crippen LogP contribution in [0.1, 0.15) is 16.5 Å². The lowest BCUT2D eigenvalue weighted by molar-refractivity contribution is -0.122. The molecule has 0 spiro atoms. The lowest BCUT2D eigenvalue weighted by Crippen LogP contribution is -2.33. The third kappa shape index (κ3) is 2.88. The quantitative estimate of drug-likeness (QED) is 0.786. The number of thiophene rings is 1. The minimum atomic E-state index is -0.657. The molecule has 0 radical (unpaired) electrons. The summed E-state index contributed by atoms with van der Waals surface area (Å²) in [6, 6.07) is 9.91. The predicted octanol–water partition coefficient (Wildman–Crippen LogP) is 1.77. The molecule has 0 saturated heterocycles. The van der Waals surface area contributed by atoms with Crippen LogP contribution in [0.15, 0.2) is 41.8 Å². The number of aromatic hydroxyl groups is 1. The summed E-state index contributed by atoms with van der Waals surface area (Å²) in [6.45, 7) is 0.268. The van der Waals surface area contributed by atoms with Crippen molar-refractivity contribution < 1.29 is 9.90 Å². The number of phenols is 1. The third-order valence-corrected chi connectivity index (χ3v) is 3.53. The van der Waals surface area contributed by atoms with Gasteiger partial charge in [0.15, 0.2) is 0 Å². The maximum atomic E-state index is 11.8. The van der Waals surface area contributed by atoms with E-state index >= 15 is 0 Å². The summed E-state index contributed by atoms with van der Waals surface area (Å²) < 4.78 is 0. The molecular formula is C13H14N2O2S. The van der Waals surface area contributed by atoms with Crippen LogP contribution in [-0.2, 0) is 11.3 Å². The molecule has 0 aliphatic heterocycles. The fraction of sp³-hybridized carbons (Fsp3) is 0.154. The zero-order valence-electron chi connectivity index (χ0n) is 9.67. The van der Waals surface area contributed by atoms with Gasteiger partial charge in [-0.3, -0.25) is 4.79 Å². The molecule has 0 bridgehead atoms. The molecule has 1 heterocycles. The van der Waals surface area contributed by atoms with Crippen molar-refractivity contribution in [2.75, 3.05) is 0 Å². The molecule has 0 aliphatic rings. The monoisotopic (exact) mass is 262 g/mol. The number of rotatable bonds is 4. The van der Waals surface area contributed by atoms with Gasteiger partial charge in [0.05, 0.1) is 0 Å². The summed E-state index contributed by atoms with van der Waals surface area (Å²) in [5.41, 5.74) is 6.49. The number of carbonyl (C=O) groups excluding carboxylic acids is 1. The van der Waals surface area contributed by atoms with Gasteiger partial charge in [-0.15, -0.1) is 11.3 Å². The molecule has 4 N–H and O–H groups in total. The molecule has 0 fully saturated rings. The standard InChI is InChI=1S/C13H14N2O2S/c14-12(11-6-3-7-18-11)13(17)15-8-9-4-1-2-5-10(9)16/h1-7,12,16H,8,14H2,(H,15,17). The van der Waals surface area contributed by atoms with Crippen LogP contribution in [-0.4, -0.2) is 11.0 Å². The van der Waals surface area contributed by atoms with E-state index in [1.165, 1.54) is 11.3 Å². The molecule has 5 heteroatoms. The van der Waals surface area contributed by atoms with Gasteiger partial charge in [-0.25, -0.2) is 0 Å². The maximum absolute atomic E-state index is 11.8. The Balaban J connectivity index is 1.95. The van der Waals surface area contributed by atoms with Crippen LogP contribution in [0.25, 0.3) is 0 Å². The second kappa shape index (κ2) is 5.66. The number of phenolic OH excluding ortho intramolecular Hbond substituents is 1. The van der Waals surface area contributed by atoms with Crippen molar-refractivity contribution in [3.05, 3.63) is 52.2 Å². The van der Waals surface area contributed by atoms with Crippen LogP contribution in [0.2, 0.25) is 0 Å². The van der Waals surface area contributed by atoms with Crippen LogP contribution < -0.4 is 11.1 Å². The van der Waals surface area contributed by atoms with Gasteiger partial charge in [0.2, 0.25) is 5.91 Å². The van der Waals surface area contributed by atoms with Gasteiger partial charge < -0.3 is 16.2 Å². The fourth-order valence-corrected chi connectivity index (χ4v) is 2.28. The zero-order chi connectivity index (χ0) is 13.0. The second-order valence-corrected chi connectivity index (χ2v) is 4.82. The Labute approximate surface area is 109 Å². The van der Waals surface area contributed by atoms with Crippen LogP contribution in [0, 0.1) is 0 Å². The summed E-state index contributed by atoms with van der Waals surface area (Å²) in [5.74, 6) is -0.0804. The number of benzene rings is 1. The number of carbonyl (C=O) groups is 1. The van der Waals surface area contributed by atoms with E-state index < -0.39 is 6.04 Å². The number of hydrogen-bond donors (Lipinski definition) is 3. The van der Waals surface area contributed by atoms with Gasteiger partial charge >= 0.3 is 0 Å². The summed E-state index contributed by atoms with van der Waals surface area (Å²) >= 11 is 1.45. The highest BCUT2D eigenvalue weighted by Gasteiger charge is 2.16. The Bertz CT molecular complexity index is 526. The molecular weight excluding hydrogens is 248 g/mol. The van der Waals surface area contributed by atoms with E-state index in [9.17, 15) is 9.90 Å². The minimum absolute atomic E-state index is 0.169. The van der Waals surface area contributed by atoms with E-state index in [1.807, 2.05) is 17.5 Å². The molecule has 4 nitrogen and oxygen atoms in total. The molecule has 0 saturated carbocycles. The average Bonchev–Trinajstić information content (AvgIpc) is 2.90. The van der Waals surface area contributed by atoms with Gasteiger partial charge in [-0.05, 0) is 17.5 Å². The Morgan fingerprint density at radius 2 is 2.11 bits per heavy atom. The fourth-order valence-electron chi connectivity index (χ4n) is 1.55. The predicted molar refractivity (Wildman–Crippen MR) is 71.2 cm³/mol. The van der Waals surface area contributed by atoms with Gasteiger partial charge in [-0.1, -0.05) is 24.3 Å². The van der Waals surface area contributed by atoms with Gasteiger partial charge in [0, 0.05) is 17.0 Å². The minimum Gasteiger partial charge on any atom is -0.508 e. The lowest BCUT2D eigenvalue weighted by Gasteiger charge is -2.11. The van der Waals surface area contributed by atoms with Crippen LogP contribution in [0.5, 0.6) is 5.75 Å². The molecule has 1 atom stereocenters. The first kappa shape index (κ1) is 12.6. The van der Waals surface area contributed by atoms with Crippen molar-refractivity contribution in [1.82, 2.24) is 5.32 Å². The molecule has 1 aromatic carbocycles. The highest BCUT2D eigenvalue weighted by molar-refractivity contribution is 7.10. The zero-order valence-corrected chi connectivity index (χ0v) is 10.5. The number of nitrogens with one attached hydrogen (secondary N) is 1.